The molecule has 0 saturated heterocycles. The predicted octanol–water partition coefficient (Wildman–Crippen LogP) is 1.67. The molecule has 0 fully saturated rings. The monoisotopic (exact) mass is 320 g/mol. The molecule has 0 spiro atoms. The minimum atomic E-state index is -0.520. The van der Waals surface area contributed by atoms with Crippen LogP contribution < -0.4 is 0 Å². The van der Waals surface area contributed by atoms with Crippen molar-refractivity contribution >= 4 is 18.0 Å². The number of carbonyl (C=O) groups is 2. The lowest BCUT2D eigenvalue weighted by atomic mass is 10.0. The van der Waals surface area contributed by atoms with E-state index in [-0.39, 0.29) is 0 Å². The summed E-state index contributed by atoms with van der Waals surface area (Å²) >= 11 is 0. The number of isocyanates is 1. The number of hydrogen-bond donors (Lipinski definition) is 0. The summed E-state index contributed by atoms with van der Waals surface area (Å²) in [5.41, 5.74) is 2.30. The van der Waals surface area contributed by atoms with Crippen molar-refractivity contribution in [3.8, 4) is 0 Å². The largest absolute Gasteiger partial charge is 0.465 e. The highest BCUT2D eigenvalue weighted by atomic mass is 16.5. The van der Waals surface area contributed by atoms with Crippen LogP contribution in [0.15, 0.2) is 4.99 Å². The van der Waals surface area contributed by atoms with Crippen molar-refractivity contribution in [2.45, 2.75) is 38.6 Å². The summed E-state index contributed by atoms with van der Waals surface area (Å²) in [5, 5.41) is 0. The number of esters is 2. The number of unbranched alkanes of at least 4 members (excludes halogenated alkanes) is 1. The third-order valence-electron chi connectivity index (χ3n) is 4.05. The van der Waals surface area contributed by atoms with Gasteiger partial charge in [-0.3, -0.25) is 0 Å². The molecule has 7 heteroatoms. The fourth-order valence-corrected chi connectivity index (χ4v) is 3.09. The summed E-state index contributed by atoms with van der Waals surface area (Å²) in [4.78, 5) is 37.9. The molecule has 0 amide bonds. The van der Waals surface area contributed by atoms with Gasteiger partial charge in [0.05, 0.1) is 31.9 Å². The van der Waals surface area contributed by atoms with Crippen LogP contribution in [0.1, 0.15) is 51.4 Å². The molecule has 0 unspecified atom stereocenters. The lowest BCUT2D eigenvalue weighted by Crippen LogP contribution is -2.13. The van der Waals surface area contributed by atoms with E-state index in [1.807, 2.05) is 4.57 Å². The second-order valence-corrected chi connectivity index (χ2v) is 5.31. The first-order valence-electron chi connectivity index (χ1n) is 7.60. The van der Waals surface area contributed by atoms with E-state index in [1.54, 1.807) is 0 Å². The van der Waals surface area contributed by atoms with E-state index in [9.17, 15) is 14.4 Å². The maximum absolute atomic E-state index is 12.2. The number of hydrogen-bond acceptors (Lipinski definition) is 6. The number of methoxy groups -OCH3 is 2. The van der Waals surface area contributed by atoms with Crippen LogP contribution in [0.4, 0.5) is 0 Å². The molecule has 0 radical (unpaired) electrons. The average Bonchev–Trinajstić information content (AvgIpc) is 3.14. The quantitative estimate of drug-likeness (QED) is 0.330. The summed E-state index contributed by atoms with van der Waals surface area (Å²) in [6.45, 7) is 1.19. The van der Waals surface area contributed by atoms with E-state index in [2.05, 4.69) is 4.99 Å². The van der Waals surface area contributed by atoms with Gasteiger partial charge in [-0.25, -0.2) is 19.4 Å². The maximum Gasteiger partial charge on any atom is 0.340 e. The first kappa shape index (κ1) is 17.0. The minimum Gasteiger partial charge on any atom is -0.465 e. The number of fused-ring (bicyclic) bond motifs is 1. The van der Waals surface area contributed by atoms with Crippen LogP contribution in [0.25, 0.3) is 0 Å². The zero-order valence-electron chi connectivity index (χ0n) is 13.4. The van der Waals surface area contributed by atoms with Crippen LogP contribution >= 0.6 is 0 Å². The zero-order valence-corrected chi connectivity index (χ0v) is 13.4. The molecule has 2 rings (SSSR count). The molecule has 124 valence electrons. The third kappa shape index (κ3) is 3.35. The number of carbonyl (C=O) groups excluding carboxylic acids is 3. The highest BCUT2D eigenvalue weighted by Crippen LogP contribution is 2.31. The normalized spacial score (nSPS) is 12.4. The van der Waals surface area contributed by atoms with Gasteiger partial charge in [-0.05, 0) is 32.1 Å². The van der Waals surface area contributed by atoms with Gasteiger partial charge in [-0.1, -0.05) is 0 Å². The lowest BCUT2D eigenvalue weighted by molar-refractivity contribution is 0.0554. The van der Waals surface area contributed by atoms with Crippen LogP contribution in [0.5, 0.6) is 0 Å². The van der Waals surface area contributed by atoms with E-state index in [0.29, 0.717) is 30.5 Å². The Kier molecular flexibility index (Phi) is 5.71. The van der Waals surface area contributed by atoms with Crippen molar-refractivity contribution in [3.63, 3.8) is 0 Å². The van der Waals surface area contributed by atoms with Crippen LogP contribution in [-0.2, 0) is 33.7 Å². The summed E-state index contributed by atoms with van der Waals surface area (Å²) in [7, 11) is 2.61. The van der Waals surface area contributed by atoms with Gasteiger partial charge in [0, 0.05) is 17.9 Å². The van der Waals surface area contributed by atoms with Crippen molar-refractivity contribution in [2.24, 2.45) is 4.99 Å². The standard InChI is InChI=1S/C16H20N2O5/c1-22-15(20)13-11(6-3-4-8-17-10-19)18-9-5-7-12(18)14(13)16(21)23-2/h3-9H2,1-2H3. The van der Waals surface area contributed by atoms with Gasteiger partial charge in [-0.2, -0.15) is 0 Å². The molecular formula is C16H20N2O5. The fraction of sp³-hybridized carbons (Fsp3) is 0.562. The van der Waals surface area contributed by atoms with E-state index < -0.39 is 11.9 Å². The number of aromatic nitrogens is 1. The Morgan fingerprint density at radius 2 is 1.87 bits per heavy atom. The SMILES string of the molecule is COC(=O)c1c(C(=O)OC)c2n(c1CCCCN=C=O)CCC2. The van der Waals surface area contributed by atoms with Crippen molar-refractivity contribution in [2.75, 3.05) is 20.8 Å². The number of nitrogens with zero attached hydrogens (tertiary/aromatic N) is 2. The van der Waals surface area contributed by atoms with E-state index in [1.165, 1.54) is 20.3 Å². The molecule has 0 bridgehead atoms. The molecular weight excluding hydrogens is 300 g/mol. The first-order chi connectivity index (χ1) is 11.2. The second-order valence-electron chi connectivity index (χ2n) is 5.31. The molecule has 1 aliphatic heterocycles. The van der Waals surface area contributed by atoms with Crippen molar-refractivity contribution < 1.29 is 23.9 Å². The van der Waals surface area contributed by atoms with E-state index in [0.717, 1.165) is 37.2 Å². The van der Waals surface area contributed by atoms with Crippen LogP contribution in [0.2, 0.25) is 0 Å². The van der Waals surface area contributed by atoms with E-state index in [4.69, 9.17) is 9.47 Å². The molecule has 0 atom stereocenters. The molecule has 0 saturated carbocycles. The molecule has 0 aromatic carbocycles. The highest BCUT2D eigenvalue weighted by Gasteiger charge is 2.33. The van der Waals surface area contributed by atoms with Gasteiger partial charge >= 0.3 is 11.9 Å². The Balaban J connectivity index is 2.37. The summed E-state index contributed by atoms with van der Waals surface area (Å²) in [6.07, 6.45) is 5.26. The zero-order chi connectivity index (χ0) is 16.8. The van der Waals surface area contributed by atoms with Gasteiger partial charge in [-0.15, -0.1) is 0 Å². The highest BCUT2D eigenvalue weighted by molar-refractivity contribution is 6.05. The van der Waals surface area contributed by atoms with Gasteiger partial charge in [0.1, 0.15) is 0 Å². The molecule has 1 aliphatic rings. The Bertz CT molecular complexity index is 656. The first-order valence-corrected chi connectivity index (χ1v) is 7.60. The summed E-state index contributed by atoms with van der Waals surface area (Å²) in [5.74, 6) is -1.03. The fourth-order valence-electron chi connectivity index (χ4n) is 3.09. The van der Waals surface area contributed by atoms with Gasteiger partial charge in [0.25, 0.3) is 0 Å². The van der Waals surface area contributed by atoms with E-state index >= 15 is 0 Å². The molecule has 0 aliphatic carbocycles. The molecule has 7 nitrogen and oxygen atoms in total. The Labute approximate surface area is 134 Å². The number of rotatable bonds is 7. The minimum absolute atomic E-state index is 0.313. The van der Waals surface area contributed by atoms with Crippen molar-refractivity contribution in [1.82, 2.24) is 4.57 Å². The molecule has 1 aromatic heterocycles. The molecule has 23 heavy (non-hydrogen) atoms. The number of ether oxygens (including phenoxy) is 2. The van der Waals surface area contributed by atoms with Crippen molar-refractivity contribution in [1.29, 1.82) is 0 Å². The van der Waals surface area contributed by atoms with Gasteiger partial charge in [0.2, 0.25) is 6.08 Å². The molecule has 1 aromatic rings. The lowest BCUT2D eigenvalue weighted by Gasteiger charge is -2.08. The summed E-state index contributed by atoms with van der Waals surface area (Å²) in [6, 6.07) is 0. The maximum atomic E-state index is 12.2. The smallest absolute Gasteiger partial charge is 0.340 e. The molecule has 2 heterocycles. The van der Waals surface area contributed by atoms with Crippen molar-refractivity contribution in [3.05, 3.63) is 22.5 Å². The Hall–Kier alpha value is -2.40. The third-order valence-corrected chi connectivity index (χ3v) is 4.05. The van der Waals surface area contributed by atoms with Crippen LogP contribution in [0.3, 0.4) is 0 Å². The molecule has 0 N–H and O–H groups in total. The van der Waals surface area contributed by atoms with Crippen LogP contribution in [0, 0.1) is 0 Å². The van der Waals surface area contributed by atoms with Gasteiger partial charge in [0.15, 0.2) is 0 Å². The average molecular weight is 320 g/mol. The number of aliphatic imine (C=N–C) groups is 1. The summed E-state index contributed by atoms with van der Waals surface area (Å²) < 4.78 is 11.7. The van der Waals surface area contributed by atoms with Gasteiger partial charge < -0.3 is 14.0 Å². The Morgan fingerprint density at radius 3 is 2.52 bits per heavy atom. The predicted molar refractivity (Wildman–Crippen MR) is 81.4 cm³/mol. The second kappa shape index (κ2) is 7.74. The Morgan fingerprint density at radius 1 is 1.17 bits per heavy atom. The van der Waals surface area contributed by atoms with Crippen LogP contribution in [-0.4, -0.2) is 43.4 Å². The topological polar surface area (TPSA) is 87.0 Å².